The van der Waals surface area contributed by atoms with Crippen molar-refractivity contribution in [1.29, 1.82) is 0 Å². The largest absolute Gasteiger partial charge is 0.368 e. The molecule has 1 amide bonds. The van der Waals surface area contributed by atoms with Gasteiger partial charge in [-0.15, -0.1) is 0 Å². The van der Waals surface area contributed by atoms with Crippen LogP contribution < -0.4 is 5.73 Å². The first-order chi connectivity index (χ1) is 8.22. The van der Waals surface area contributed by atoms with Crippen molar-refractivity contribution in [2.75, 3.05) is 39.3 Å². The molecule has 2 unspecified atom stereocenters. The van der Waals surface area contributed by atoms with E-state index < -0.39 is 0 Å². The quantitative estimate of drug-likeness (QED) is 0.734. The van der Waals surface area contributed by atoms with Gasteiger partial charge in [-0.2, -0.15) is 0 Å². The predicted octanol–water partition coefficient (Wildman–Crippen LogP) is -0.343. The summed E-state index contributed by atoms with van der Waals surface area (Å²) >= 11 is 0. The van der Waals surface area contributed by atoms with Gasteiger partial charge in [0.05, 0.1) is 0 Å². The van der Waals surface area contributed by atoms with Crippen LogP contribution in [0.1, 0.15) is 19.8 Å². The van der Waals surface area contributed by atoms with Crippen LogP contribution in [-0.2, 0) is 9.53 Å². The van der Waals surface area contributed by atoms with Gasteiger partial charge in [-0.1, -0.05) is 0 Å². The molecule has 2 fully saturated rings. The van der Waals surface area contributed by atoms with E-state index in [1.54, 1.807) is 0 Å². The Morgan fingerprint density at radius 1 is 1.41 bits per heavy atom. The Balaban J connectivity index is 1.80. The van der Waals surface area contributed by atoms with Gasteiger partial charge in [0.1, 0.15) is 6.10 Å². The number of piperazine rings is 1. The van der Waals surface area contributed by atoms with E-state index in [1.165, 1.54) is 0 Å². The molecule has 2 rings (SSSR count). The molecule has 0 aromatic heterocycles. The van der Waals surface area contributed by atoms with Gasteiger partial charge in [0.2, 0.25) is 0 Å². The van der Waals surface area contributed by atoms with Gasteiger partial charge in [-0.25, -0.2) is 0 Å². The normalized spacial score (nSPS) is 28.4. The average molecular weight is 241 g/mol. The molecule has 0 saturated carbocycles. The lowest BCUT2D eigenvalue weighted by Gasteiger charge is -2.38. The minimum absolute atomic E-state index is 0.173. The number of carbonyl (C=O) groups is 1. The zero-order valence-corrected chi connectivity index (χ0v) is 10.6. The van der Waals surface area contributed by atoms with Gasteiger partial charge in [0.25, 0.3) is 5.91 Å². The Hall–Kier alpha value is -0.650. The summed E-state index contributed by atoms with van der Waals surface area (Å²) in [4.78, 5) is 16.4. The molecule has 0 radical (unpaired) electrons. The zero-order chi connectivity index (χ0) is 12.3. The fourth-order valence-corrected chi connectivity index (χ4v) is 2.51. The number of nitrogens with zero attached hydrogens (tertiary/aromatic N) is 2. The molecule has 0 aromatic carbocycles. The summed E-state index contributed by atoms with van der Waals surface area (Å²) in [5.41, 5.74) is 5.65. The fraction of sp³-hybridized carbons (Fsp3) is 0.917. The molecule has 17 heavy (non-hydrogen) atoms. The van der Waals surface area contributed by atoms with E-state index in [1.807, 2.05) is 4.90 Å². The number of nitrogens with two attached hydrogens (primary N) is 1. The third-order valence-corrected chi connectivity index (χ3v) is 3.80. The molecular weight excluding hydrogens is 218 g/mol. The second-order valence-electron chi connectivity index (χ2n) is 4.95. The van der Waals surface area contributed by atoms with Crippen molar-refractivity contribution >= 4 is 5.91 Å². The highest BCUT2D eigenvalue weighted by Crippen LogP contribution is 2.16. The Morgan fingerprint density at radius 2 is 2.12 bits per heavy atom. The number of hydrogen-bond donors (Lipinski definition) is 1. The van der Waals surface area contributed by atoms with E-state index in [0.29, 0.717) is 12.6 Å². The lowest BCUT2D eigenvalue weighted by molar-refractivity contribution is -0.142. The van der Waals surface area contributed by atoms with Crippen LogP contribution in [0.5, 0.6) is 0 Å². The summed E-state index contributed by atoms with van der Waals surface area (Å²) in [6.07, 6.45) is 1.73. The van der Waals surface area contributed by atoms with Crippen LogP contribution in [0, 0.1) is 0 Å². The Kier molecular flexibility index (Phi) is 4.36. The number of hydrogen-bond acceptors (Lipinski definition) is 4. The standard InChI is InChI=1S/C12H23N3O2/c1-10(9-13)14-4-6-15(7-5-14)12(16)11-3-2-8-17-11/h10-11H,2-9,13H2,1H3. The van der Waals surface area contributed by atoms with Crippen molar-refractivity contribution in [1.82, 2.24) is 9.80 Å². The van der Waals surface area contributed by atoms with E-state index in [9.17, 15) is 4.79 Å². The summed E-state index contributed by atoms with van der Waals surface area (Å²) < 4.78 is 5.44. The molecule has 98 valence electrons. The summed E-state index contributed by atoms with van der Waals surface area (Å²) in [7, 11) is 0. The van der Waals surface area contributed by atoms with Gasteiger partial charge in [0, 0.05) is 45.4 Å². The van der Waals surface area contributed by atoms with E-state index in [-0.39, 0.29) is 12.0 Å². The second kappa shape index (κ2) is 5.80. The van der Waals surface area contributed by atoms with Gasteiger partial charge >= 0.3 is 0 Å². The molecule has 2 saturated heterocycles. The lowest BCUT2D eigenvalue weighted by atomic mass is 10.2. The van der Waals surface area contributed by atoms with Crippen molar-refractivity contribution in [3.8, 4) is 0 Å². The minimum atomic E-state index is -0.173. The number of carbonyl (C=O) groups excluding carboxylic acids is 1. The van der Waals surface area contributed by atoms with E-state index in [2.05, 4.69) is 11.8 Å². The first kappa shape index (κ1) is 12.8. The molecule has 0 spiro atoms. The maximum atomic E-state index is 12.1. The Labute approximate surface area is 103 Å². The van der Waals surface area contributed by atoms with Crippen molar-refractivity contribution in [2.45, 2.75) is 31.9 Å². The number of ether oxygens (including phenoxy) is 1. The summed E-state index contributed by atoms with van der Waals surface area (Å²) in [6.45, 7) is 7.03. The molecule has 0 aliphatic carbocycles. The Bertz CT molecular complexity index is 258. The number of amides is 1. The van der Waals surface area contributed by atoms with E-state index in [0.717, 1.165) is 45.6 Å². The first-order valence-electron chi connectivity index (χ1n) is 6.57. The molecule has 0 bridgehead atoms. The van der Waals surface area contributed by atoms with E-state index in [4.69, 9.17) is 10.5 Å². The molecule has 2 aliphatic rings. The van der Waals surface area contributed by atoms with Crippen LogP contribution in [-0.4, -0.2) is 67.2 Å². The summed E-state index contributed by atoms with van der Waals surface area (Å²) in [5.74, 6) is 0.183. The highest BCUT2D eigenvalue weighted by atomic mass is 16.5. The van der Waals surface area contributed by atoms with E-state index >= 15 is 0 Å². The zero-order valence-electron chi connectivity index (χ0n) is 10.6. The van der Waals surface area contributed by atoms with Gasteiger partial charge in [-0.3, -0.25) is 9.69 Å². The predicted molar refractivity (Wildman–Crippen MR) is 65.6 cm³/mol. The van der Waals surface area contributed by atoms with Crippen LogP contribution >= 0.6 is 0 Å². The highest BCUT2D eigenvalue weighted by molar-refractivity contribution is 5.81. The molecule has 5 heteroatoms. The highest BCUT2D eigenvalue weighted by Gasteiger charge is 2.30. The fourth-order valence-electron chi connectivity index (χ4n) is 2.51. The van der Waals surface area contributed by atoms with Crippen LogP contribution in [0.2, 0.25) is 0 Å². The molecule has 2 N–H and O–H groups in total. The van der Waals surface area contributed by atoms with Crippen LogP contribution in [0.25, 0.3) is 0 Å². The second-order valence-corrected chi connectivity index (χ2v) is 4.95. The molecular formula is C12H23N3O2. The lowest BCUT2D eigenvalue weighted by Crippen LogP contribution is -2.54. The smallest absolute Gasteiger partial charge is 0.251 e. The van der Waals surface area contributed by atoms with Crippen LogP contribution in [0.3, 0.4) is 0 Å². The third-order valence-electron chi connectivity index (χ3n) is 3.80. The monoisotopic (exact) mass is 241 g/mol. The van der Waals surface area contributed by atoms with Crippen molar-refractivity contribution < 1.29 is 9.53 Å². The van der Waals surface area contributed by atoms with Gasteiger partial charge in [0.15, 0.2) is 0 Å². The molecule has 0 aromatic rings. The SMILES string of the molecule is CC(CN)N1CCN(C(=O)C2CCCO2)CC1. The van der Waals surface area contributed by atoms with Crippen molar-refractivity contribution in [3.05, 3.63) is 0 Å². The van der Waals surface area contributed by atoms with Crippen LogP contribution in [0.4, 0.5) is 0 Å². The average Bonchev–Trinajstić information content (AvgIpc) is 2.91. The van der Waals surface area contributed by atoms with Gasteiger partial charge in [-0.05, 0) is 19.8 Å². The maximum Gasteiger partial charge on any atom is 0.251 e. The number of rotatable bonds is 3. The first-order valence-corrected chi connectivity index (χ1v) is 6.57. The summed E-state index contributed by atoms with van der Waals surface area (Å²) in [5, 5.41) is 0. The molecule has 2 heterocycles. The van der Waals surface area contributed by atoms with Gasteiger partial charge < -0.3 is 15.4 Å². The molecule has 2 aliphatic heterocycles. The molecule has 2 atom stereocenters. The van der Waals surface area contributed by atoms with Crippen LogP contribution in [0.15, 0.2) is 0 Å². The summed E-state index contributed by atoms with van der Waals surface area (Å²) in [6, 6.07) is 0.412. The van der Waals surface area contributed by atoms with Crippen molar-refractivity contribution in [2.24, 2.45) is 5.73 Å². The molecule has 5 nitrogen and oxygen atoms in total. The minimum Gasteiger partial charge on any atom is -0.368 e. The van der Waals surface area contributed by atoms with Crippen molar-refractivity contribution in [3.63, 3.8) is 0 Å². The maximum absolute atomic E-state index is 12.1. The Morgan fingerprint density at radius 3 is 2.65 bits per heavy atom. The third kappa shape index (κ3) is 2.97. The topological polar surface area (TPSA) is 58.8 Å².